The lowest BCUT2D eigenvalue weighted by molar-refractivity contribution is -0.141. The first-order valence-electron chi connectivity index (χ1n) is 8.40. The van der Waals surface area contributed by atoms with Gasteiger partial charge >= 0.3 is 5.97 Å². The van der Waals surface area contributed by atoms with Gasteiger partial charge in [0.25, 0.3) is 0 Å². The number of aromatic nitrogens is 3. The predicted molar refractivity (Wildman–Crippen MR) is 99.5 cm³/mol. The molecular formula is C17H16N6O2S. The lowest BCUT2D eigenvalue weighted by atomic mass is 9.86. The monoisotopic (exact) mass is 368 g/mol. The van der Waals surface area contributed by atoms with E-state index in [1.807, 2.05) is 6.07 Å². The second-order valence-electron chi connectivity index (χ2n) is 6.52. The summed E-state index contributed by atoms with van der Waals surface area (Å²) in [7, 11) is 0. The van der Waals surface area contributed by atoms with Gasteiger partial charge in [-0.05, 0) is 35.8 Å². The van der Waals surface area contributed by atoms with Gasteiger partial charge in [0.2, 0.25) is 0 Å². The number of hydrogen-bond donors (Lipinski definition) is 4. The summed E-state index contributed by atoms with van der Waals surface area (Å²) in [5.74, 6) is 0.485. The maximum atomic E-state index is 11.3. The molecule has 8 nitrogen and oxygen atoms in total. The molecule has 1 aliphatic carbocycles. The molecule has 5 rings (SSSR count). The molecule has 2 aliphatic heterocycles. The third-order valence-electron chi connectivity index (χ3n) is 4.95. The van der Waals surface area contributed by atoms with E-state index in [1.54, 1.807) is 30.5 Å². The molecule has 0 spiro atoms. The normalized spacial score (nSPS) is 24.5. The number of fused-ring (bicyclic) bond motifs is 3. The number of nitrogens with one attached hydrogen (secondary N) is 3. The van der Waals surface area contributed by atoms with Crippen LogP contribution in [0.2, 0.25) is 0 Å². The van der Waals surface area contributed by atoms with Gasteiger partial charge in [-0.3, -0.25) is 9.89 Å². The number of hydrogen-bond acceptors (Lipinski definition) is 7. The largest absolute Gasteiger partial charge is 0.481 e. The van der Waals surface area contributed by atoms with Crippen LogP contribution in [-0.2, 0) is 4.79 Å². The van der Waals surface area contributed by atoms with Crippen molar-refractivity contribution < 1.29 is 9.90 Å². The number of carbonyl (C=O) groups is 1. The number of carboxylic acids is 1. The number of nitrogens with zero attached hydrogens (tertiary/aromatic N) is 3. The van der Waals surface area contributed by atoms with E-state index in [1.165, 1.54) is 10.5 Å². The van der Waals surface area contributed by atoms with Crippen molar-refractivity contribution in [2.75, 3.05) is 5.32 Å². The van der Waals surface area contributed by atoms with Crippen LogP contribution < -0.4 is 10.6 Å². The maximum absolute atomic E-state index is 11.3. The average molecular weight is 368 g/mol. The van der Waals surface area contributed by atoms with Crippen molar-refractivity contribution in [2.24, 2.45) is 10.9 Å². The SMILES string of the molecule is O=C(O)[C@H]1CCC2=C(C1)SC1NC=NC(Nc3cc4cn[nH]c4cn3)=C21. The molecule has 0 fully saturated rings. The first-order chi connectivity index (χ1) is 12.7. The molecule has 2 aromatic rings. The van der Waals surface area contributed by atoms with E-state index in [2.05, 4.69) is 30.8 Å². The molecule has 0 aromatic carbocycles. The van der Waals surface area contributed by atoms with Crippen LogP contribution in [0.5, 0.6) is 0 Å². The molecule has 3 aliphatic rings. The van der Waals surface area contributed by atoms with E-state index in [9.17, 15) is 9.90 Å². The average Bonchev–Trinajstić information content (AvgIpc) is 3.25. The Bertz CT molecular complexity index is 1010. The number of pyridine rings is 1. The van der Waals surface area contributed by atoms with Crippen LogP contribution in [0.1, 0.15) is 19.3 Å². The van der Waals surface area contributed by atoms with Crippen LogP contribution in [0.25, 0.3) is 10.9 Å². The Balaban J connectivity index is 1.50. The second-order valence-corrected chi connectivity index (χ2v) is 7.72. The molecule has 0 amide bonds. The number of aliphatic carboxylic acids is 1. The van der Waals surface area contributed by atoms with E-state index < -0.39 is 5.97 Å². The minimum atomic E-state index is -0.707. The number of aliphatic imine (C=N–C) groups is 1. The van der Waals surface area contributed by atoms with E-state index >= 15 is 0 Å². The summed E-state index contributed by atoms with van der Waals surface area (Å²) in [4.78, 5) is 21.4. The first-order valence-corrected chi connectivity index (χ1v) is 9.28. The van der Waals surface area contributed by atoms with Gasteiger partial charge in [0.15, 0.2) is 0 Å². The molecule has 0 bridgehead atoms. The van der Waals surface area contributed by atoms with E-state index in [0.29, 0.717) is 18.7 Å². The summed E-state index contributed by atoms with van der Waals surface area (Å²) >= 11 is 1.70. The number of thioether (sulfide) groups is 1. The molecule has 0 saturated heterocycles. The molecule has 2 atom stereocenters. The van der Waals surface area contributed by atoms with Crippen LogP contribution in [0.3, 0.4) is 0 Å². The van der Waals surface area contributed by atoms with E-state index in [4.69, 9.17) is 0 Å². The van der Waals surface area contributed by atoms with Gasteiger partial charge in [0, 0.05) is 11.0 Å². The lowest BCUT2D eigenvalue weighted by Crippen LogP contribution is -2.30. The van der Waals surface area contributed by atoms with Gasteiger partial charge < -0.3 is 15.7 Å². The van der Waals surface area contributed by atoms with Crippen LogP contribution >= 0.6 is 11.8 Å². The molecule has 4 heterocycles. The first kappa shape index (κ1) is 15.4. The van der Waals surface area contributed by atoms with Crippen LogP contribution in [0.4, 0.5) is 5.82 Å². The van der Waals surface area contributed by atoms with Crippen molar-refractivity contribution in [3.8, 4) is 0 Å². The van der Waals surface area contributed by atoms with Gasteiger partial charge in [0.05, 0.1) is 30.2 Å². The van der Waals surface area contributed by atoms with Crippen LogP contribution in [-0.4, -0.2) is 38.0 Å². The summed E-state index contributed by atoms with van der Waals surface area (Å²) in [6.45, 7) is 0. The Kier molecular flexibility index (Phi) is 3.49. The molecule has 4 N–H and O–H groups in total. The number of anilines is 1. The fourth-order valence-electron chi connectivity index (χ4n) is 3.64. The number of rotatable bonds is 3. The van der Waals surface area contributed by atoms with Gasteiger partial charge in [0.1, 0.15) is 17.0 Å². The second kappa shape index (κ2) is 5.87. The van der Waals surface area contributed by atoms with Gasteiger partial charge in [-0.25, -0.2) is 9.98 Å². The third kappa shape index (κ3) is 2.47. The lowest BCUT2D eigenvalue weighted by Gasteiger charge is -2.23. The summed E-state index contributed by atoms with van der Waals surface area (Å²) < 4.78 is 0. The third-order valence-corrected chi connectivity index (χ3v) is 6.26. The highest BCUT2D eigenvalue weighted by molar-refractivity contribution is 8.04. The summed E-state index contributed by atoms with van der Waals surface area (Å²) in [5, 5.41) is 23.9. The zero-order valence-electron chi connectivity index (χ0n) is 13.7. The quantitative estimate of drug-likeness (QED) is 0.657. The maximum Gasteiger partial charge on any atom is 0.306 e. The van der Waals surface area contributed by atoms with Crippen molar-refractivity contribution in [2.45, 2.75) is 24.6 Å². The van der Waals surface area contributed by atoms with Crippen LogP contribution in [0.15, 0.2) is 45.3 Å². The zero-order chi connectivity index (χ0) is 17.7. The Morgan fingerprint density at radius 3 is 3.19 bits per heavy atom. The standard InChI is InChI=1S/C17H16N6O2S/c24-17(25)8-1-2-10-12(3-8)26-16-14(10)15(19-7-20-16)22-13-4-9-5-21-23-11(9)6-18-13/h4-8,16H,1-3H2,(H,18,22)(H,19,20)(H,21,23)(H,24,25)/t8-,16?/m0/s1. The fraction of sp³-hybridized carbons (Fsp3) is 0.294. The molecule has 26 heavy (non-hydrogen) atoms. The van der Waals surface area contributed by atoms with Gasteiger partial charge in [-0.2, -0.15) is 5.10 Å². The van der Waals surface area contributed by atoms with Crippen LogP contribution in [0, 0.1) is 5.92 Å². The van der Waals surface area contributed by atoms with Gasteiger partial charge in [-0.1, -0.05) is 0 Å². The van der Waals surface area contributed by atoms with E-state index in [-0.39, 0.29) is 11.3 Å². The number of carboxylic acid groups (broad SMARTS) is 1. The molecule has 0 saturated carbocycles. The smallest absolute Gasteiger partial charge is 0.306 e. The van der Waals surface area contributed by atoms with Crippen molar-refractivity contribution in [3.05, 3.63) is 40.3 Å². The molecule has 9 heteroatoms. The molecule has 132 valence electrons. The zero-order valence-corrected chi connectivity index (χ0v) is 14.5. The summed E-state index contributed by atoms with van der Waals surface area (Å²) in [5.41, 5.74) is 3.23. The Morgan fingerprint density at radius 1 is 1.38 bits per heavy atom. The Labute approximate surface area is 152 Å². The number of H-pyrrole nitrogens is 1. The Hall–Kier alpha value is -2.81. The molecule has 1 unspecified atom stereocenters. The van der Waals surface area contributed by atoms with E-state index in [0.717, 1.165) is 28.7 Å². The minimum Gasteiger partial charge on any atom is -0.481 e. The highest BCUT2D eigenvalue weighted by Gasteiger charge is 2.39. The van der Waals surface area contributed by atoms with Crippen molar-refractivity contribution >= 4 is 40.8 Å². The van der Waals surface area contributed by atoms with Crippen molar-refractivity contribution in [1.82, 2.24) is 20.5 Å². The minimum absolute atomic E-state index is 0.0743. The molecular weight excluding hydrogens is 352 g/mol. The molecule has 0 radical (unpaired) electrons. The predicted octanol–water partition coefficient (Wildman–Crippen LogP) is 2.42. The summed E-state index contributed by atoms with van der Waals surface area (Å²) in [6.07, 6.45) is 7.22. The van der Waals surface area contributed by atoms with Gasteiger partial charge in [-0.15, -0.1) is 11.8 Å². The number of aromatic amines is 1. The highest BCUT2D eigenvalue weighted by atomic mass is 32.2. The Morgan fingerprint density at radius 2 is 2.31 bits per heavy atom. The number of allylic oxidation sites excluding steroid dienone is 1. The highest BCUT2D eigenvalue weighted by Crippen LogP contribution is 2.50. The molecule has 2 aromatic heterocycles. The fourth-order valence-corrected chi connectivity index (χ4v) is 5.07. The van der Waals surface area contributed by atoms with Crippen molar-refractivity contribution in [3.63, 3.8) is 0 Å². The topological polar surface area (TPSA) is 115 Å². The summed E-state index contributed by atoms with van der Waals surface area (Å²) in [6, 6.07) is 1.93. The van der Waals surface area contributed by atoms with Crippen molar-refractivity contribution in [1.29, 1.82) is 0 Å².